The van der Waals surface area contributed by atoms with Crippen molar-refractivity contribution in [2.45, 2.75) is 12.5 Å². The summed E-state index contributed by atoms with van der Waals surface area (Å²) < 4.78 is 0. The van der Waals surface area contributed by atoms with Crippen molar-refractivity contribution in [3.8, 4) is 11.5 Å². The van der Waals surface area contributed by atoms with Crippen LogP contribution in [0, 0.1) is 0 Å². The summed E-state index contributed by atoms with van der Waals surface area (Å²) in [6.45, 7) is 0. The summed E-state index contributed by atoms with van der Waals surface area (Å²) in [7, 11) is 0. The van der Waals surface area contributed by atoms with Gasteiger partial charge in [0.15, 0.2) is 11.5 Å². The van der Waals surface area contributed by atoms with Gasteiger partial charge in [-0.15, -0.1) is 0 Å². The van der Waals surface area contributed by atoms with E-state index in [1.807, 2.05) is 0 Å². The molecular formula is C10H12NNaO7. The van der Waals surface area contributed by atoms with Gasteiger partial charge in [-0.05, 0) is 24.1 Å². The second-order valence-corrected chi connectivity index (χ2v) is 3.24. The number of aliphatic carboxylic acids is 1. The Kier molecular flexibility index (Phi) is 9.87. The minimum atomic E-state index is -2.08. The maximum absolute atomic E-state index is 10.4. The molecule has 1 aromatic carbocycles. The molecule has 0 aliphatic rings. The third-order valence-corrected chi connectivity index (χ3v) is 1.81. The van der Waals surface area contributed by atoms with Gasteiger partial charge in [0.05, 0.1) is 0 Å². The fraction of sp³-hybridized carbons (Fsp3) is 0.200. The van der Waals surface area contributed by atoms with Crippen molar-refractivity contribution in [1.29, 1.82) is 0 Å². The summed E-state index contributed by atoms with van der Waals surface area (Å²) >= 11 is 0. The fourth-order valence-corrected chi connectivity index (χ4v) is 1.04. The first-order valence-electron chi connectivity index (χ1n) is 4.63. The van der Waals surface area contributed by atoms with Crippen LogP contribution in [0.15, 0.2) is 18.2 Å². The Morgan fingerprint density at radius 3 is 2.05 bits per heavy atom. The minimum Gasteiger partial charge on any atom is -0.565 e. The number of hydrogen-bond donors (Lipinski definition) is 5. The predicted octanol–water partition coefficient (Wildman–Crippen LogP) is -4.06. The van der Waals surface area contributed by atoms with E-state index in [9.17, 15) is 4.79 Å². The predicted molar refractivity (Wildman–Crippen MR) is 57.1 cm³/mol. The number of carbonyl (C=O) groups is 2. The van der Waals surface area contributed by atoms with E-state index in [4.69, 9.17) is 36.1 Å². The Hall–Kier alpha value is -1.48. The first-order chi connectivity index (χ1) is 8.23. The summed E-state index contributed by atoms with van der Waals surface area (Å²) in [5.41, 5.74) is 5.86. The molecule has 0 aliphatic heterocycles. The van der Waals surface area contributed by atoms with Gasteiger partial charge in [-0.25, -0.2) is 0 Å². The normalized spacial score (nSPS) is 10.4. The van der Waals surface area contributed by atoms with Gasteiger partial charge in [0.25, 0.3) is 0 Å². The van der Waals surface area contributed by atoms with Gasteiger partial charge >= 0.3 is 35.5 Å². The number of nitrogens with two attached hydrogens (primary N) is 1. The van der Waals surface area contributed by atoms with Crippen LogP contribution >= 0.6 is 0 Å². The van der Waals surface area contributed by atoms with E-state index in [0.29, 0.717) is 5.56 Å². The molecule has 0 saturated carbocycles. The topological polar surface area (TPSA) is 164 Å². The quantitative estimate of drug-likeness (QED) is 0.276. The summed E-state index contributed by atoms with van der Waals surface area (Å²) in [5.74, 6) is -1.62. The Morgan fingerprint density at radius 2 is 1.68 bits per heavy atom. The Labute approximate surface area is 130 Å². The molecule has 0 radical (unpaired) electrons. The molecule has 0 heterocycles. The number of carboxylic acids is 1. The van der Waals surface area contributed by atoms with Gasteiger partial charge in [0, 0.05) is 0 Å². The molecule has 1 rings (SSSR count). The average Bonchev–Trinajstić information content (AvgIpc) is 2.22. The molecule has 0 unspecified atom stereocenters. The number of carboxylic acid groups (broad SMARTS) is 3. The first kappa shape index (κ1) is 19.9. The van der Waals surface area contributed by atoms with Crippen LogP contribution in [0.2, 0.25) is 0 Å². The fourth-order valence-electron chi connectivity index (χ4n) is 1.04. The molecule has 0 aromatic heterocycles. The molecule has 100 valence electrons. The van der Waals surface area contributed by atoms with Crippen LogP contribution in [0.1, 0.15) is 5.56 Å². The van der Waals surface area contributed by atoms with Crippen LogP contribution in [-0.4, -0.2) is 38.6 Å². The van der Waals surface area contributed by atoms with Crippen LogP contribution in [0.25, 0.3) is 0 Å². The zero-order valence-corrected chi connectivity index (χ0v) is 12.1. The van der Waals surface area contributed by atoms with Crippen molar-refractivity contribution in [1.82, 2.24) is 0 Å². The van der Waals surface area contributed by atoms with E-state index in [2.05, 4.69) is 0 Å². The average molecular weight is 281 g/mol. The van der Waals surface area contributed by atoms with Crippen molar-refractivity contribution in [2.75, 3.05) is 0 Å². The Bertz CT molecular complexity index is 434. The number of aromatic hydroxyl groups is 2. The van der Waals surface area contributed by atoms with Crippen LogP contribution in [-0.2, 0) is 11.2 Å². The van der Waals surface area contributed by atoms with Crippen LogP contribution in [0.3, 0.4) is 0 Å². The molecule has 0 aliphatic carbocycles. The Balaban J connectivity index is 0. The number of benzene rings is 1. The summed E-state index contributed by atoms with van der Waals surface area (Å²) in [6, 6.07) is 3.09. The molecule has 0 amide bonds. The van der Waals surface area contributed by atoms with Gasteiger partial charge in [-0.2, -0.15) is 0 Å². The monoisotopic (exact) mass is 281 g/mol. The smallest absolute Gasteiger partial charge is 0.565 e. The van der Waals surface area contributed by atoms with Gasteiger partial charge in [0.2, 0.25) is 6.16 Å². The molecule has 0 fully saturated rings. The van der Waals surface area contributed by atoms with Gasteiger partial charge in [0.1, 0.15) is 6.04 Å². The first-order valence-corrected chi connectivity index (χ1v) is 4.63. The van der Waals surface area contributed by atoms with E-state index in [0.717, 1.165) is 0 Å². The zero-order chi connectivity index (χ0) is 14.3. The maximum Gasteiger partial charge on any atom is 1.00 e. The molecule has 6 N–H and O–H groups in total. The Morgan fingerprint density at radius 1 is 1.21 bits per heavy atom. The molecule has 0 spiro atoms. The summed E-state index contributed by atoms with van der Waals surface area (Å²) in [5, 5.41) is 41.9. The van der Waals surface area contributed by atoms with Crippen LogP contribution in [0.4, 0.5) is 4.79 Å². The summed E-state index contributed by atoms with van der Waals surface area (Å²) in [6.07, 6.45) is -1.97. The molecule has 19 heavy (non-hydrogen) atoms. The molecule has 1 aromatic rings. The zero-order valence-electron chi connectivity index (χ0n) is 10.1. The second-order valence-electron chi connectivity index (χ2n) is 3.24. The standard InChI is InChI=1S/C9H11NO4.CH2O3.Na/c10-6(9(13)14)3-5-1-2-7(11)8(12)4-5;2-1(3)4;/h1-2,4,6,11-12H,3,10H2,(H,13,14);(H2,2,3,4);/q;;+1/p-1/t6-;;/m0../s1. The van der Waals surface area contributed by atoms with Gasteiger partial charge < -0.3 is 36.1 Å². The summed E-state index contributed by atoms with van der Waals surface area (Å²) in [4.78, 5) is 18.9. The second kappa shape index (κ2) is 9.45. The minimum absolute atomic E-state index is 0. The van der Waals surface area contributed by atoms with Crippen molar-refractivity contribution in [3.05, 3.63) is 23.8 Å². The number of rotatable bonds is 3. The van der Waals surface area contributed by atoms with Crippen molar-refractivity contribution >= 4 is 12.1 Å². The number of phenols is 2. The third kappa shape index (κ3) is 9.14. The van der Waals surface area contributed by atoms with Crippen molar-refractivity contribution in [3.63, 3.8) is 0 Å². The van der Waals surface area contributed by atoms with Gasteiger partial charge in [-0.1, -0.05) is 6.07 Å². The third-order valence-electron chi connectivity index (χ3n) is 1.81. The van der Waals surface area contributed by atoms with Crippen molar-refractivity contribution in [2.24, 2.45) is 5.73 Å². The van der Waals surface area contributed by atoms with Gasteiger partial charge in [-0.3, -0.25) is 4.79 Å². The van der Waals surface area contributed by atoms with E-state index < -0.39 is 18.2 Å². The molecule has 0 saturated heterocycles. The molecule has 1 atom stereocenters. The molecule has 0 bridgehead atoms. The SMILES string of the molecule is N[C@@H](Cc1ccc(O)c(O)c1)C(=O)O.O=C([O-])O.[Na+]. The van der Waals surface area contributed by atoms with E-state index in [1.165, 1.54) is 18.2 Å². The number of phenolic OH excluding ortho intramolecular Hbond substituents is 2. The van der Waals surface area contributed by atoms with E-state index in [1.54, 1.807) is 0 Å². The van der Waals surface area contributed by atoms with Crippen molar-refractivity contribution < 1.29 is 64.7 Å². The molecule has 9 heteroatoms. The van der Waals surface area contributed by atoms with Crippen LogP contribution in [0.5, 0.6) is 11.5 Å². The molecular weight excluding hydrogens is 269 g/mol. The maximum atomic E-state index is 10.4. The van der Waals surface area contributed by atoms with E-state index in [-0.39, 0.29) is 47.5 Å². The van der Waals surface area contributed by atoms with E-state index >= 15 is 0 Å². The largest absolute Gasteiger partial charge is 1.00 e. The number of hydrogen-bond acceptors (Lipinski definition) is 6. The molecule has 8 nitrogen and oxygen atoms in total. The van der Waals surface area contributed by atoms with Crippen LogP contribution < -0.4 is 40.4 Å².